The first kappa shape index (κ1) is 19.9. The van der Waals surface area contributed by atoms with Gasteiger partial charge in [0.25, 0.3) is 5.91 Å². The zero-order chi connectivity index (χ0) is 20.1. The Bertz CT molecular complexity index is 858. The van der Waals surface area contributed by atoms with Crippen LogP contribution in [-0.4, -0.2) is 61.4 Å². The van der Waals surface area contributed by atoms with Crippen molar-refractivity contribution >= 4 is 17.5 Å². The van der Waals surface area contributed by atoms with Crippen molar-refractivity contribution < 1.29 is 14.3 Å². The number of hydrogen-bond acceptors (Lipinski definition) is 4. The van der Waals surface area contributed by atoms with E-state index in [1.807, 2.05) is 61.2 Å². The highest BCUT2D eigenvalue weighted by molar-refractivity contribution is 5.95. The van der Waals surface area contributed by atoms with Gasteiger partial charge in [-0.15, -0.1) is 0 Å². The quantitative estimate of drug-likeness (QED) is 0.865. The summed E-state index contributed by atoms with van der Waals surface area (Å²) in [5.74, 6) is 0.610. The van der Waals surface area contributed by atoms with Crippen molar-refractivity contribution in [1.29, 1.82) is 0 Å². The molecule has 3 rings (SSSR count). The van der Waals surface area contributed by atoms with E-state index in [0.717, 1.165) is 11.1 Å². The van der Waals surface area contributed by atoms with Gasteiger partial charge in [0, 0.05) is 31.7 Å². The number of amides is 2. The number of benzene rings is 2. The molecular formula is C22H27N3O3. The molecule has 0 saturated carbocycles. The van der Waals surface area contributed by atoms with Gasteiger partial charge < -0.3 is 15.0 Å². The molecule has 28 heavy (non-hydrogen) atoms. The molecule has 1 aliphatic rings. The van der Waals surface area contributed by atoms with Crippen molar-refractivity contribution in [3.63, 3.8) is 0 Å². The van der Waals surface area contributed by atoms with Crippen LogP contribution in [0.15, 0.2) is 42.5 Å². The molecule has 0 spiro atoms. The van der Waals surface area contributed by atoms with Gasteiger partial charge in [-0.05, 0) is 49.2 Å². The molecule has 2 aromatic rings. The molecule has 1 N–H and O–H groups in total. The third-order valence-electron chi connectivity index (χ3n) is 5.16. The lowest BCUT2D eigenvalue weighted by Crippen LogP contribution is -2.50. The molecule has 0 aliphatic carbocycles. The van der Waals surface area contributed by atoms with Gasteiger partial charge in [0.05, 0.1) is 19.3 Å². The molecule has 0 unspecified atom stereocenters. The highest BCUT2D eigenvalue weighted by Crippen LogP contribution is 2.23. The maximum Gasteiger partial charge on any atom is 0.253 e. The molecule has 1 aliphatic heterocycles. The Balaban J connectivity index is 1.51. The second kappa shape index (κ2) is 8.89. The molecular weight excluding hydrogens is 354 g/mol. The maximum atomic E-state index is 12.7. The van der Waals surface area contributed by atoms with Crippen LogP contribution in [0.5, 0.6) is 5.75 Å². The molecule has 1 fully saturated rings. The Morgan fingerprint density at radius 3 is 2.39 bits per heavy atom. The van der Waals surface area contributed by atoms with Gasteiger partial charge in [-0.2, -0.15) is 0 Å². The average molecular weight is 381 g/mol. The van der Waals surface area contributed by atoms with Crippen molar-refractivity contribution in [3.8, 4) is 5.75 Å². The molecule has 0 atom stereocenters. The van der Waals surface area contributed by atoms with Crippen LogP contribution in [0.4, 0.5) is 5.69 Å². The Kier molecular flexibility index (Phi) is 6.31. The van der Waals surface area contributed by atoms with Crippen LogP contribution in [0.25, 0.3) is 0 Å². The fraction of sp³-hybridized carbons (Fsp3) is 0.364. The molecule has 1 saturated heterocycles. The monoisotopic (exact) mass is 381 g/mol. The van der Waals surface area contributed by atoms with Gasteiger partial charge in [0.1, 0.15) is 5.75 Å². The summed E-state index contributed by atoms with van der Waals surface area (Å²) in [6.45, 7) is 6.94. The minimum absolute atomic E-state index is 0.0567. The number of carbonyl (C=O) groups excluding carboxylic acids is 2. The summed E-state index contributed by atoms with van der Waals surface area (Å²) in [6.07, 6.45) is 0. The Morgan fingerprint density at radius 1 is 1.00 bits per heavy atom. The normalized spacial score (nSPS) is 14.6. The number of anilines is 1. The van der Waals surface area contributed by atoms with Crippen molar-refractivity contribution in [2.24, 2.45) is 0 Å². The summed E-state index contributed by atoms with van der Waals surface area (Å²) in [7, 11) is 1.58. The average Bonchev–Trinajstić information content (AvgIpc) is 2.70. The SMILES string of the molecule is COc1ccccc1NC(=O)CN1CCN(C(=O)c2ccc(C)c(C)c2)CC1. The van der Waals surface area contributed by atoms with E-state index in [-0.39, 0.29) is 11.8 Å². The van der Waals surface area contributed by atoms with Crippen molar-refractivity contribution in [1.82, 2.24) is 9.80 Å². The first-order chi connectivity index (χ1) is 13.5. The summed E-state index contributed by atoms with van der Waals surface area (Å²) in [4.78, 5) is 29.0. The number of para-hydroxylation sites is 2. The summed E-state index contributed by atoms with van der Waals surface area (Å²) >= 11 is 0. The zero-order valence-electron chi connectivity index (χ0n) is 16.7. The van der Waals surface area contributed by atoms with Gasteiger partial charge in [-0.3, -0.25) is 14.5 Å². The number of carbonyl (C=O) groups is 2. The Morgan fingerprint density at radius 2 is 1.71 bits per heavy atom. The lowest BCUT2D eigenvalue weighted by molar-refractivity contribution is -0.117. The summed E-state index contributed by atoms with van der Waals surface area (Å²) in [5, 5.41) is 2.89. The number of piperazine rings is 1. The standard InChI is InChI=1S/C22H27N3O3/c1-16-8-9-18(14-17(16)2)22(27)25-12-10-24(11-13-25)15-21(26)23-19-6-4-5-7-20(19)28-3/h4-9,14H,10-13,15H2,1-3H3,(H,23,26). The number of ether oxygens (including phenoxy) is 1. The first-order valence-electron chi connectivity index (χ1n) is 9.49. The van der Waals surface area contributed by atoms with Crippen LogP contribution in [0.2, 0.25) is 0 Å². The number of nitrogens with one attached hydrogen (secondary N) is 1. The minimum Gasteiger partial charge on any atom is -0.495 e. The third-order valence-corrected chi connectivity index (χ3v) is 5.16. The zero-order valence-corrected chi connectivity index (χ0v) is 16.7. The van der Waals surface area contributed by atoms with Gasteiger partial charge in [-0.25, -0.2) is 0 Å². The molecule has 6 nitrogen and oxygen atoms in total. The van der Waals surface area contributed by atoms with E-state index in [1.165, 1.54) is 5.56 Å². The number of nitrogens with zero attached hydrogens (tertiary/aromatic N) is 2. The van der Waals surface area contributed by atoms with Crippen LogP contribution in [0, 0.1) is 13.8 Å². The molecule has 2 aromatic carbocycles. The second-order valence-corrected chi connectivity index (χ2v) is 7.12. The number of aryl methyl sites for hydroxylation is 2. The van der Waals surface area contributed by atoms with Crippen LogP contribution in [0.3, 0.4) is 0 Å². The van der Waals surface area contributed by atoms with Crippen LogP contribution in [-0.2, 0) is 4.79 Å². The molecule has 6 heteroatoms. The van der Waals surface area contributed by atoms with Crippen molar-refractivity contribution in [3.05, 3.63) is 59.2 Å². The molecule has 148 valence electrons. The third kappa shape index (κ3) is 4.70. The van der Waals surface area contributed by atoms with Gasteiger partial charge in [0.2, 0.25) is 5.91 Å². The van der Waals surface area contributed by atoms with E-state index < -0.39 is 0 Å². The summed E-state index contributed by atoms with van der Waals surface area (Å²) in [6, 6.07) is 13.2. The van der Waals surface area contributed by atoms with E-state index in [1.54, 1.807) is 7.11 Å². The smallest absolute Gasteiger partial charge is 0.253 e. The lowest BCUT2D eigenvalue weighted by Gasteiger charge is -2.34. The highest BCUT2D eigenvalue weighted by Gasteiger charge is 2.23. The van der Waals surface area contributed by atoms with Gasteiger partial charge in [-0.1, -0.05) is 18.2 Å². The molecule has 0 radical (unpaired) electrons. The number of hydrogen-bond donors (Lipinski definition) is 1. The van der Waals surface area contributed by atoms with E-state index in [2.05, 4.69) is 10.2 Å². The van der Waals surface area contributed by atoms with E-state index in [9.17, 15) is 9.59 Å². The largest absolute Gasteiger partial charge is 0.495 e. The number of rotatable bonds is 5. The van der Waals surface area contributed by atoms with Crippen LogP contribution in [0.1, 0.15) is 21.5 Å². The predicted molar refractivity (Wildman–Crippen MR) is 110 cm³/mol. The van der Waals surface area contributed by atoms with Crippen molar-refractivity contribution in [2.75, 3.05) is 45.2 Å². The second-order valence-electron chi connectivity index (χ2n) is 7.12. The summed E-state index contributed by atoms with van der Waals surface area (Å²) in [5.41, 5.74) is 3.70. The van der Waals surface area contributed by atoms with Gasteiger partial charge in [0.15, 0.2) is 0 Å². The van der Waals surface area contributed by atoms with Crippen LogP contribution >= 0.6 is 0 Å². The Hall–Kier alpha value is -2.86. The van der Waals surface area contributed by atoms with E-state index >= 15 is 0 Å². The predicted octanol–water partition coefficient (Wildman–Crippen LogP) is 2.71. The van der Waals surface area contributed by atoms with E-state index in [4.69, 9.17) is 4.74 Å². The first-order valence-corrected chi connectivity index (χ1v) is 9.49. The lowest BCUT2D eigenvalue weighted by atomic mass is 10.1. The minimum atomic E-state index is -0.0848. The van der Waals surface area contributed by atoms with E-state index in [0.29, 0.717) is 44.2 Å². The topological polar surface area (TPSA) is 61.9 Å². The fourth-order valence-electron chi connectivity index (χ4n) is 3.31. The molecule has 2 amide bonds. The fourth-order valence-corrected chi connectivity index (χ4v) is 3.31. The highest BCUT2D eigenvalue weighted by atomic mass is 16.5. The van der Waals surface area contributed by atoms with Crippen molar-refractivity contribution in [2.45, 2.75) is 13.8 Å². The molecule has 0 bridgehead atoms. The molecule has 1 heterocycles. The maximum absolute atomic E-state index is 12.7. The Labute approximate surface area is 166 Å². The van der Waals surface area contributed by atoms with Crippen LogP contribution < -0.4 is 10.1 Å². The number of methoxy groups -OCH3 is 1. The summed E-state index contributed by atoms with van der Waals surface area (Å²) < 4.78 is 5.26. The van der Waals surface area contributed by atoms with Gasteiger partial charge >= 0.3 is 0 Å². The molecule has 0 aromatic heterocycles.